The number of carbonyl (C=O) groups is 1. The van der Waals surface area contributed by atoms with Crippen LogP contribution in [0, 0.1) is 0 Å². The fourth-order valence-corrected chi connectivity index (χ4v) is 3.31. The molecule has 1 unspecified atom stereocenters. The Labute approximate surface area is 158 Å². The average molecular weight is 355 g/mol. The minimum Gasteiger partial charge on any atom is -0.463 e. The third kappa shape index (κ3) is 19.6. The molecule has 1 atom stereocenters. The SMILES string of the molecule is CCCCCCCCCCCCCC(C)OC(=O)CCCCCCC. The van der Waals surface area contributed by atoms with E-state index in [9.17, 15) is 4.79 Å². The minimum absolute atomic E-state index is 0.00655. The summed E-state index contributed by atoms with van der Waals surface area (Å²) in [5, 5.41) is 0. The molecule has 0 aromatic carbocycles. The fourth-order valence-electron chi connectivity index (χ4n) is 3.31. The lowest BCUT2D eigenvalue weighted by molar-refractivity contribution is -0.148. The highest BCUT2D eigenvalue weighted by molar-refractivity contribution is 5.69. The first-order valence-corrected chi connectivity index (χ1v) is 11.4. The number of unbranched alkanes of at least 4 members (excludes halogenated alkanes) is 14. The second kappa shape index (κ2) is 19.8. The summed E-state index contributed by atoms with van der Waals surface area (Å²) in [5.74, 6) is 0.00655. The van der Waals surface area contributed by atoms with Crippen LogP contribution in [0.5, 0.6) is 0 Å². The van der Waals surface area contributed by atoms with E-state index in [-0.39, 0.29) is 12.1 Å². The van der Waals surface area contributed by atoms with Crippen LogP contribution >= 0.6 is 0 Å². The van der Waals surface area contributed by atoms with Crippen molar-refractivity contribution in [2.24, 2.45) is 0 Å². The van der Waals surface area contributed by atoms with Gasteiger partial charge in [0.1, 0.15) is 0 Å². The zero-order valence-electron chi connectivity index (χ0n) is 17.6. The summed E-state index contributed by atoms with van der Waals surface area (Å²) in [6.07, 6.45) is 22.7. The van der Waals surface area contributed by atoms with Gasteiger partial charge in [-0.2, -0.15) is 0 Å². The maximum Gasteiger partial charge on any atom is 0.306 e. The number of hydrogen-bond donors (Lipinski definition) is 0. The summed E-state index contributed by atoms with van der Waals surface area (Å²) >= 11 is 0. The van der Waals surface area contributed by atoms with Crippen LogP contribution in [0.3, 0.4) is 0 Å². The molecule has 0 N–H and O–H groups in total. The van der Waals surface area contributed by atoms with Gasteiger partial charge in [0.05, 0.1) is 6.10 Å². The first-order chi connectivity index (χ1) is 12.2. The lowest BCUT2D eigenvalue weighted by atomic mass is 10.0. The van der Waals surface area contributed by atoms with E-state index in [0.29, 0.717) is 6.42 Å². The standard InChI is InChI=1S/C23H46O2/c1-4-6-8-10-11-12-13-14-15-17-18-20-22(3)25-23(24)21-19-16-9-7-5-2/h22H,4-21H2,1-3H3. The van der Waals surface area contributed by atoms with Gasteiger partial charge in [-0.15, -0.1) is 0 Å². The van der Waals surface area contributed by atoms with Crippen LogP contribution in [-0.2, 0) is 9.53 Å². The first-order valence-electron chi connectivity index (χ1n) is 11.4. The molecule has 150 valence electrons. The largest absolute Gasteiger partial charge is 0.463 e. The van der Waals surface area contributed by atoms with Gasteiger partial charge in [-0.05, 0) is 26.2 Å². The second-order valence-electron chi connectivity index (χ2n) is 7.79. The van der Waals surface area contributed by atoms with Crippen LogP contribution in [0.25, 0.3) is 0 Å². The van der Waals surface area contributed by atoms with Crippen molar-refractivity contribution in [3.8, 4) is 0 Å². The average Bonchev–Trinajstić information content (AvgIpc) is 2.59. The monoisotopic (exact) mass is 354 g/mol. The van der Waals surface area contributed by atoms with Crippen molar-refractivity contribution < 1.29 is 9.53 Å². The van der Waals surface area contributed by atoms with E-state index < -0.39 is 0 Å². The third-order valence-corrected chi connectivity index (χ3v) is 5.03. The van der Waals surface area contributed by atoms with Crippen molar-refractivity contribution in [3.63, 3.8) is 0 Å². The third-order valence-electron chi connectivity index (χ3n) is 5.03. The molecule has 0 saturated heterocycles. The normalized spacial score (nSPS) is 12.3. The van der Waals surface area contributed by atoms with Gasteiger partial charge in [0.2, 0.25) is 0 Å². The van der Waals surface area contributed by atoms with E-state index in [0.717, 1.165) is 19.3 Å². The van der Waals surface area contributed by atoms with Crippen molar-refractivity contribution in [1.29, 1.82) is 0 Å². The van der Waals surface area contributed by atoms with Crippen LogP contribution in [0.4, 0.5) is 0 Å². The zero-order chi connectivity index (χ0) is 18.6. The lowest BCUT2D eigenvalue weighted by Crippen LogP contribution is -2.14. The molecule has 25 heavy (non-hydrogen) atoms. The Balaban J connectivity index is 3.29. The number of carbonyl (C=O) groups excluding carboxylic acids is 1. The quantitative estimate of drug-likeness (QED) is 0.173. The van der Waals surface area contributed by atoms with Crippen molar-refractivity contribution in [1.82, 2.24) is 0 Å². The van der Waals surface area contributed by atoms with Gasteiger partial charge in [0.25, 0.3) is 0 Å². The molecule has 0 saturated carbocycles. The molecule has 2 heteroatoms. The number of hydrogen-bond acceptors (Lipinski definition) is 2. The van der Waals surface area contributed by atoms with Gasteiger partial charge >= 0.3 is 5.97 Å². The summed E-state index contributed by atoms with van der Waals surface area (Å²) in [7, 11) is 0. The molecule has 0 amide bonds. The Hall–Kier alpha value is -0.530. The summed E-state index contributed by atoms with van der Waals surface area (Å²) in [5.41, 5.74) is 0. The molecule has 0 fully saturated rings. The van der Waals surface area contributed by atoms with Crippen LogP contribution in [0.15, 0.2) is 0 Å². The van der Waals surface area contributed by atoms with E-state index in [2.05, 4.69) is 13.8 Å². The fraction of sp³-hybridized carbons (Fsp3) is 0.957. The maximum atomic E-state index is 11.8. The Kier molecular flexibility index (Phi) is 19.4. The first kappa shape index (κ1) is 24.5. The summed E-state index contributed by atoms with van der Waals surface area (Å²) < 4.78 is 5.51. The Morgan fingerprint density at radius 1 is 0.640 bits per heavy atom. The van der Waals surface area contributed by atoms with Gasteiger partial charge in [0.15, 0.2) is 0 Å². The second-order valence-corrected chi connectivity index (χ2v) is 7.79. The Morgan fingerprint density at radius 3 is 1.52 bits per heavy atom. The highest BCUT2D eigenvalue weighted by Crippen LogP contribution is 2.14. The maximum absolute atomic E-state index is 11.8. The number of rotatable bonds is 19. The molecule has 0 aliphatic heterocycles. The molecule has 2 nitrogen and oxygen atoms in total. The van der Waals surface area contributed by atoms with E-state index in [1.165, 1.54) is 89.9 Å². The topological polar surface area (TPSA) is 26.3 Å². The van der Waals surface area contributed by atoms with Crippen LogP contribution in [-0.4, -0.2) is 12.1 Å². The van der Waals surface area contributed by atoms with Crippen LogP contribution in [0.2, 0.25) is 0 Å². The van der Waals surface area contributed by atoms with Gasteiger partial charge in [-0.1, -0.05) is 104 Å². The number of ether oxygens (including phenoxy) is 1. The lowest BCUT2D eigenvalue weighted by Gasteiger charge is -2.13. The molecule has 0 spiro atoms. The van der Waals surface area contributed by atoms with Crippen molar-refractivity contribution in [3.05, 3.63) is 0 Å². The molecular formula is C23H46O2. The van der Waals surface area contributed by atoms with Crippen molar-refractivity contribution in [2.45, 2.75) is 142 Å². The van der Waals surface area contributed by atoms with Gasteiger partial charge in [0, 0.05) is 6.42 Å². The minimum atomic E-state index is 0.00655. The predicted molar refractivity (Wildman–Crippen MR) is 110 cm³/mol. The summed E-state index contributed by atoms with van der Waals surface area (Å²) in [6.45, 7) is 6.53. The van der Waals surface area contributed by atoms with Crippen LogP contribution < -0.4 is 0 Å². The Bertz CT molecular complexity index is 275. The molecular weight excluding hydrogens is 308 g/mol. The molecule has 0 aromatic rings. The highest BCUT2D eigenvalue weighted by Gasteiger charge is 2.08. The number of esters is 1. The van der Waals surface area contributed by atoms with Crippen molar-refractivity contribution in [2.75, 3.05) is 0 Å². The highest BCUT2D eigenvalue weighted by atomic mass is 16.5. The van der Waals surface area contributed by atoms with Gasteiger partial charge in [-0.3, -0.25) is 4.79 Å². The molecule has 0 bridgehead atoms. The van der Waals surface area contributed by atoms with Gasteiger partial charge < -0.3 is 4.74 Å². The predicted octanol–water partition coefficient (Wildman–Crippen LogP) is 7.98. The van der Waals surface area contributed by atoms with E-state index in [1.807, 2.05) is 6.92 Å². The van der Waals surface area contributed by atoms with E-state index in [4.69, 9.17) is 4.74 Å². The molecule has 0 heterocycles. The van der Waals surface area contributed by atoms with E-state index in [1.54, 1.807) is 0 Å². The summed E-state index contributed by atoms with van der Waals surface area (Å²) in [6, 6.07) is 0. The van der Waals surface area contributed by atoms with Crippen LogP contribution in [0.1, 0.15) is 136 Å². The molecule has 0 aliphatic carbocycles. The smallest absolute Gasteiger partial charge is 0.306 e. The molecule has 0 aromatic heterocycles. The zero-order valence-corrected chi connectivity index (χ0v) is 17.6. The molecule has 0 radical (unpaired) electrons. The molecule has 0 aliphatic rings. The summed E-state index contributed by atoms with van der Waals surface area (Å²) in [4.78, 5) is 11.8. The van der Waals surface area contributed by atoms with Gasteiger partial charge in [-0.25, -0.2) is 0 Å². The van der Waals surface area contributed by atoms with Crippen molar-refractivity contribution >= 4 is 5.97 Å². The molecule has 0 rings (SSSR count). The Morgan fingerprint density at radius 2 is 1.04 bits per heavy atom. The van der Waals surface area contributed by atoms with E-state index >= 15 is 0 Å².